The van der Waals surface area contributed by atoms with E-state index in [0.29, 0.717) is 28.0 Å². The van der Waals surface area contributed by atoms with Gasteiger partial charge in [0.05, 0.1) is 16.1 Å². The minimum absolute atomic E-state index is 0.193. The van der Waals surface area contributed by atoms with Crippen LogP contribution < -0.4 is 11.2 Å². The minimum Gasteiger partial charge on any atom is -0.351 e. The van der Waals surface area contributed by atoms with Crippen LogP contribution in [-0.2, 0) is 0 Å². The number of nitrogens with one attached hydrogen (secondary N) is 1. The van der Waals surface area contributed by atoms with E-state index in [-0.39, 0.29) is 11.3 Å². The van der Waals surface area contributed by atoms with Crippen LogP contribution in [0.4, 0.5) is 4.79 Å². The summed E-state index contributed by atoms with van der Waals surface area (Å²) >= 11 is 6.36. The Balaban J connectivity index is 1.62. The van der Waals surface area contributed by atoms with Crippen molar-refractivity contribution in [2.75, 3.05) is 13.6 Å². The molecule has 3 fully saturated rings. The molecular weight excluding hydrogens is 364 g/mol. The molecule has 3 saturated carbocycles. The van der Waals surface area contributed by atoms with Gasteiger partial charge in [0, 0.05) is 25.2 Å². The quantitative estimate of drug-likeness (QED) is 0.477. The summed E-state index contributed by atoms with van der Waals surface area (Å²) < 4.78 is 1.38. The fourth-order valence-corrected chi connectivity index (χ4v) is 4.98. The van der Waals surface area contributed by atoms with E-state index < -0.39 is 6.03 Å². The van der Waals surface area contributed by atoms with E-state index >= 15 is 0 Å². The number of benzene rings is 1. The van der Waals surface area contributed by atoms with Crippen molar-refractivity contribution in [1.82, 2.24) is 14.9 Å². The Morgan fingerprint density at radius 1 is 1.30 bits per heavy atom. The fourth-order valence-electron chi connectivity index (χ4n) is 4.71. The van der Waals surface area contributed by atoms with Crippen molar-refractivity contribution in [2.45, 2.75) is 38.5 Å². The summed E-state index contributed by atoms with van der Waals surface area (Å²) in [6.07, 6.45) is 8.94. The molecule has 0 radical (unpaired) electrons. The minimum atomic E-state index is -0.425. The smallest absolute Gasteiger partial charge is 0.342 e. The zero-order chi connectivity index (χ0) is 19.2. The highest BCUT2D eigenvalue weighted by atomic mass is 35.5. The van der Waals surface area contributed by atoms with E-state index in [0.717, 1.165) is 10.9 Å². The van der Waals surface area contributed by atoms with Crippen molar-refractivity contribution in [1.29, 1.82) is 0 Å². The van der Waals surface area contributed by atoms with Crippen LogP contribution in [0.25, 0.3) is 10.9 Å². The zero-order valence-electron chi connectivity index (χ0n) is 15.5. The van der Waals surface area contributed by atoms with E-state index in [1.165, 1.54) is 56.3 Å². The van der Waals surface area contributed by atoms with Gasteiger partial charge in [-0.3, -0.25) is 14.4 Å². The molecule has 1 aromatic heterocycles. The summed E-state index contributed by atoms with van der Waals surface area (Å²) in [6.45, 7) is 0.681. The van der Waals surface area contributed by atoms with Crippen molar-refractivity contribution in [2.24, 2.45) is 17.2 Å². The molecule has 2 bridgehead atoms. The van der Waals surface area contributed by atoms with E-state index in [9.17, 15) is 9.59 Å². The summed E-state index contributed by atoms with van der Waals surface area (Å²) in [5, 5.41) is 5.13. The predicted molar refractivity (Wildman–Crippen MR) is 106 cm³/mol. The first-order valence-corrected chi connectivity index (χ1v) is 9.88. The van der Waals surface area contributed by atoms with Crippen LogP contribution in [0, 0.1) is 11.3 Å². The van der Waals surface area contributed by atoms with Crippen LogP contribution in [0.5, 0.6) is 0 Å². The van der Waals surface area contributed by atoms with Crippen molar-refractivity contribution in [3.8, 4) is 0 Å². The number of carbonyl (C=O) groups excluding carboxylic acids is 2. The average Bonchev–Trinajstić information content (AvgIpc) is 3.08. The van der Waals surface area contributed by atoms with Gasteiger partial charge >= 0.3 is 6.03 Å². The number of nitrogens with zero attached hydrogens (tertiary/aromatic N) is 2. The van der Waals surface area contributed by atoms with Gasteiger partial charge in [-0.05, 0) is 62.0 Å². The molecule has 0 spiro atoms. The standard InChI is InChI=1S/C20H25ClN4O2/c1-24(22)19(27)25-11-14(17-15(21)3-2-4-16(17)25)18(26)23-12-20-8-5-13(6-9-20)7-10-20/h2-4,11,13H,5-10,12,22H2,1H3,(H,23,26). The Labute approximate surface area is 163 Å². The molecule has 1 heterocycles. The molecule has 5 rings (SSSR count). The maximum Gasteiger partial charge on any atom is 0.342 e. The molecule has 0 unspecified atom stereocenters. The second-order valence-corrected chi connectivity index (χ2v) is 8.51. The third-order valence-corrected chi connectivity index (χ3v) is 6.72. The molecule has 27 heavy (non-hydrogen) atoms. The maximum atomic E-state index is 13.0. The van der Waals surface area contributed by atoms with Crippen molar-refractivity contribution < 1.29 is 9.59 Å². The van der Waals surface area contributed by atoms with Crippen molar-refractivity contribution >= 4 is 34.4 Å². The van der Waals surface area contributed by atoms with Crippen LogP contribution in [0.3, 0.4) is 0 Å². The second kappa shape index (κ2) is 6.84. The number of halogens is 1. The number of hydrogen-bond acceptors (Lipinski definition) is 3. The van der Waals surface area contributed by atoms with Crippen LogP contribution in [0.2, 0.25) is 5.02 Å². The van der Waals surface area contributed by atoms with Crippen molar-refractivity contribution in [3.05, 3.63) is 35.0 Å². The van der Waals surface area contributed by atoms with Gasteiger partial charge < -0.3 is 5.32 Å². The number of hydrogen-bond donors (Lipinski definition) is 2. The molecule has 0 saturated heterocycles. The summed E-state index contributed by atoms with van der Waals surface area (Å²) in [5.74, 6) is 6.30. The molecule has 7 heteroatoms. The van der Waals surface area contributed by atoms with Gasteiger partial charge in [0.2, 0.25) is 0 Å². The van der Waals surface area contributed by atoms with Gasteiger partial charge in [0.15, 0.2) is 0 Å². The molecular formula is C20H25ClN4O2. The second-order valence-electron chi connectivity index (χ2n) is 8.10. The lowest BCUT2D eigenvalue weighted by Gasteiger charge is -2.46. The molecule has 3 N–H and O–H groups in total. The average molecular weight is 389 g/mol. The third-order valence-electron chi connectivity index (χ3n) is 6.40. The first-order chi connectivity index (χ1) is 12.9. The van der Waals surface area contributed by atoms with Gasteiger partial charge in [-0.15, -0.1) is 0 Å². The molecule has 3 aliphatic rings. The number of carbonyl (C=O) groups is 2. The zero-order valence-corrected chi connectivity index (χ0v) is 16.3. The Kier molecular flexibility index (Phi) is 4.64. The number of amides is 2. The molecule has 144 valence electrons. The summed E-state index contributed by atoms with van der Waals surface area (Å²) in [4.78, 5) is 25.4. The topological polar surface area (TPSA) is 80.4 Å². The van der Waals surface area contributed by atoms with Gasteiger partial charge in [0.25, 0.3) is 5.91 Å². The SMILES string of the molecule is CN(N)C(=O)n1cc(C(=O)NCC23CCC(CC2)CC3)c2c(Cl)cccc21. The van der Waals surface area contributed by atoms with Crippen molar-refractivity contribution in [3.63, 3.8) is 0 Å². The Hall–Kier alpha value is -2.05. The van der Waals surface area contributed by atoms with E-state index in [1.807, 2.05) is 0 Å². The highest BCUT2D eigenvalue weighted by Crippen LogP contribution is 2.49. The summed E-state index contributed by atoms with van der Waals surface area (Å²) in [7, 11) is 1.47. The summed E-state index contributed by atoms with van der Waals surface area (Å²) in [6, 6.07) is 4.82. The number of hydrazine groups is 1. The molecule has 1 aromatic carbocycles. The highest BCUT2D eigenvalue weighted by Gasteiger charge is 2.40. The molecule has 2 aromatic rings. The number of nitrogens with two attached hydrogens (primary N) is 1. The van der Waals surface area contributed by atoms with Crippen LogP contribution in [-0.4, -0.2) is 35.1 Å². The largest absolute Gasteiger partial charge is 0.351 e. The summed E-state index contributed by atoms with van der Waals surface area (Å²) in [5.41, 5.74) is 1.22. The molecule has 2 amide bonds. The van der Waals surface area contributed by atoms with Gasteiger partial charge in [-0.25, -0.2) is 10.6 Å². The van der Waals surface area contributed by atoms with E-state index in [1.54, 1.807) is 18.2 Å². The third kappa shape index (κ3) is 3.21. The Morgan fingerprint density at radius 3 is 2.59 bits per heavy atom. The number of rotatable bonds is 3. The first-order valence-electron chi connectivity index (χ1n) is 9.51. The monoisotopic (exact) mass is 388 g/mol. The fraction of sp³-hybridized carbons (Fsp3) is 0.500. The van der Waals surface area contributed by atoms with Crippen LogP contribution in [0.15, 0.2) is 24.4 Å². The number of fused-ring (bicyclic) bond motifs is 4. The van der Waals surface area contributed by atoms with Gasteiger partial charge in [0.1, 0.15) is 0 Å². The predicted octanol–water partition coefficient (Wildman–Crippen LogP) is 3.77. The lowest BCUT2D eigenvalue weighted by Crippen LogP contribution is -2.43. The molecule has 0 atom stereocenters. The number of aromatic nitrogens is 1. The van der Waals surface area contributed by atoms with Gasteiger partial charge in [-0.1, -0.05) is 17.7 Å². The normalized spacial score (nSPS) is 24.2. The molecule has 6 nitrogen and oxygen atoms in total. The first kappa shape index (κ1) is 18.3. The lowest BCUT2D eigenvalue weighted by atomic mass is 9.61. The Bertz CT molecular complexity index is 883. The van der Waals surface area contributed by atoms with E-state index in [4.69, 9.17) is 17.4 Å². The Morgan fingerprint density at radius 2 is 1.96 bits per heavy atom. The maximum absolute atomic E-state index is 13.0. The van der Waals surface area contributed by atoms with E-state index in [2.05, 4.69) is 5.32 Å². The lowest BCUT2D eigenvalue weighted by molar-refractivity contribution is 0.0598. The van der Waals surface area contributed by atoms with Crippen LogP contribution in [0.1, 0.15) is 48.9 Å². The molecule has 3 aliphatic carbocycles. The van der Waals surface area contributed by atoms with Crippen LogP contribution >= 0.6 is 11.6 Å². The van der Waals surface area contributed by atoms with Gasteiger partial charge in [-0.2, -0.15) is 0 Å². The highest BCUT2D eigenvalue weighted by molar-refractivity contribution is 6.37. The molecule has 0 aliphatic heterocycles.